The molecule has 0 spiro atoms. The molecule has 0 atom stereocenters. The van der Waals surface area contributed by atoms with E-state index in [2.05, 4.69) is 0 Å². The van der Waals surface area contributed by atoms with Crippen LogP contribution in [0.4, 0.5) is 0 Å². The van der Waals surface area contributed by atoms with Crippen molar-refractivity contribution in [1.82, 2.24) is 0 Å². The summed E-state index contributed by atoms with van der Waals surface area (Å²) < 4.78 is 22.0. The van der Waals surface area contributed by atoms with Gasteiger partial charge in [-0.25, -0.2) is 19.2 Å². The molecule has 0 fully saturated rings. The number of phenolic OH excluding ortho intramolecular Hbond substituents is 4. The van der Waals surface area contributed by atoms with Gasteiger partial charge in [0.1, 0.15) is 68.3 Å². The Morgan fingerprint density at radius 2 is 0.583 bits per heavy atom. The summed E-state index contributed by atoms with van der Waals surface area (Å²) in [6.45, 7) is 0. The average molecular weight is 811 g/mol. The van der Waals surface area contributed by atoms with Crippen molar-refractivity contribution in [1.29, 1.82) is 0 Å². The fourth-order valence-corrected chi connectivity index (χ4v) is 7.64. The summed E-state index contributed by atoms with van der Waals surface area (Å²) in [4.78, 5) is 55.8. The zero-order chi connectivity index (χ0) is 42.3. The molecule has 0 aliphatic heterocycles. The Kier molecular flexibility index (Phi) is 8.30. The van der Waals surface area contributed by atoms with E-state index in [1.165, 1.54) is 72.8 Å². The highest BCUT2D eigenvalue weighted by Gasteiger charge is 2.36. The quantitative estimate of drug-likeness (QED) is 0.0878. The van der Waals surface area contributed by atoms with Crippen LogP contribution in [-0.2, 0) is 0 Å². The lowest BCUT2D eigenvalue weighted by Crippen LogP contribution is -2.23. The minimum absolute atomic E-state index is 0.0921. The molecule has 16 nitrogen and oxygen atoms in total. The Morgan fingerprint density at radius 1 is 0.333 bits per heavy atom. The van der Waals surface area contributed by atoms with E-state index < -0.39 is 79.6 Å². The van der Waals surface area contributed by atoms with E-state index in [0.29, 0.717) is 0 Å². The fraction of sp³-hybridized carbons (Fsp3) is 0.0455. The van der Waals surface area contributed by atoms with Gasteiger partial charge < -0.3 is 58.5 Å². The molecule has 0 bridgehead atoms. The van der Waals surface area contributed by atoms with Crippen molar-refractivity contribution in [3.8, 4) is 46.0 Å². The predicted octanol–water partition coefficient (Wildman–Crippen LogP) is 6.12. The molecule has 60 heavy (non-hydrogen) atoms. The van der Waals surface area contributed by atoms with Crippen molar-refractivity contribution < 1.29 is 58.5 Å². The molecular formula is C44H26O16. The highest BCUT2D eigenvalue weighted by molar-refractivity contribution is 5.90. The van der Waals surface area contributed by atoms with Crippen LogP contribution in [0.5, 0.6) is 46.0 Å². The standard InChI is InChI=1S/C44H26O16/c45-19-4-8-23-27(13-19)57-41(53)33(37(23)49)31(34-38(50)24-9-5-20(46)14-28(24)58-42(34)54)17-2-1-3-18(12-17)32(35-39(51)25-10-6-21(47)15-29(25)59-43(35)55)36-40(52)26-11-7-22(48)16-30(26)60-44(36)56/h1-16,31-32,45-52H. The molecule has 0 amide bonds. The topological polar surface area (TPSA) is 283 Å². The second kappa shape index (κ2) is 13.5. The third-order valence-corrected chi connectivity index (χ3v) is 10.3. The SMILES string of the molecule is O=c1oc2cc(O)ccc2c(O)c1C(c1cccc(C(c2c(O)c3ccc(O)cc3oc2=O)c2c(O)c3ccc(O)cc3oc2=O)c1)c1c(O)c2ccc(O)cc2oc1=O. The van der Waals surface area contributed by atoms with Crippen molar-refractivity contribution in [2.24, 2.45) is 0 Å². The van der Waals surface area contributed by atoms with Crippen LogP contribution < -0.4 is 22.5 Å². The first-order valence-corrected chi connectivity index (χ1v) is 17.7. The van der Waals surface area contributed by atoms with Crippen LogP contribution in [0.15, 0.2) is 134 Å². The monoisotopic (exact) mass is 810 g/mol. The maximum atomic E-state index is 14.0. The van der Waals surface area contributed by atoms with Crippen molar-refractivity contribution in [3.05, 3.63) is 172 Å². The van der Waals surface area contributed by atoms with E-state index in [0.717, 1.165) is 24.3 Å². The van der Waals surface area contributed by atoms with Crippen LogP contribution in [0, 0.1) is 0 Å². The molecule has 4 aromatic heterocycles. The molecular weight excluding hydrogens is 784 g/mol. The van der Waals surface area contributed by atoms with E-state index in [-0.39, 0.29) is 78.0 Å². The molecule has 0 aliphatic rings. The van der Waals surface area contributed by atoms with E-state index >= 15 is 0 Å². The number of fused-ring (bicyclic) bond motifs is 4. The Hall–Kier alpha value is -8.66. The molecule has 9 rings (SSSR count). The number of rotatable bonds is 6. The third-order valence-electron chi connectivity index (χ3n) is 10.3. The molecule has 9 aromatic rings. The number of hydrogen-bond donors (Lipinski definition) is 8. The maximum absolute atomic E-state index is 14.0. The highest BCUT2D eigenvalue weighted by atomic mass is 16.4. The lowest BCUT2D eigenvalue weighted by molar-refractivity contribution is 0.439. The van der Waals surface area contributed by atoms with Crippen molar-refractivity contribution >= 4 is 43.9 Å². The Labute approximate surface area is 331 Å². The molecule has 0 saturated carbocycles. The number of hydrogen-bond acceptors (Lipinski definition) is 16. The van der Waals surface area contributed by atoms with Crippen LogP contribution in [0.1, 0.15) is 45.2 Å². The third kappa shape index (κ3) is 5.77. The molecule has 0 unspecified atom stereocenters. The minimum Gasteiger partial charge on any atom is -0.508 e. The first-order valence-electron chi connectivity index (χ1n) is 17.7. The van der Waals surface area contributed by atoms with Crippen LogP contribution in [-0.4, -0.2) is 40.9 Å². The molecule has 16 heteroatoms. The summed E-state index contributed by atoms with van der Waals surface area (Å²) in [5.74, 6) is -7.72. The zero-order valence-electron chi connectivity index (χ0n) is 30.2. The van der Waals surface area contributed by atoms with Crippen LogP contribution in [0.25, 0.3) is 43.9 Å². The van der Waals surface area contributed by atoms with Gasteiger partial charge in [-0.15, -0.1) is 0 Å². The van der Waals surface area contributed by atoms with E-state index in [1.807, 2.05) is 0 Å². The summed E-state index contributed by atoms with van der Waals surface area (Å²) >= 11 is 0. The van der Waals surface area contributed by atoms with Gasteiger partial charge in [-0.2, -0.15) is 0 Å². The summed E-state index contributed by atoms with van der Waals surface area (Å²) in [6, 6.07) is 19.4. The van der Waals surface area contributed by atoms with Gasteiger partial charge in [-0.05, 0) is 59.7 Å². The zero-order valence-corrected chi connectivity index (χ0v) is 30.2. The largest absolute Gasteiger partial charge is 0.508 e. The van der Waals surface area contributed by atoms with Gasteiger partial charge in [0.25, 0.3) is 0 Å². The Morgan fingerprint density at radius 3 is 0.833 bits per heavy atom. The molecule has 0 saturated heterocycles. The second-order valence-electron chi connectivity index (χ2n) is 13.9. The van der Waals surface area contributed by atoms with Crippen LogP contribution in [0.3, 0.4) is 0 Å². The van der Waals surface area contributed by atoms with Gasteiger partial charge in [0.05, 0.1) is 55.6 Å². The number of phenols is 4. The van der Waals surface area contributed by atoms with Gasteiger partial charge in [-0.3, -0.25) is 0 Å². The molecule has 0 aliphatic carbocycles. The minimum atomic E-state index is -1.79. The number of benzene rings is 5. The van der Waals surface area contributed by atoms with Crippen LogP contribution in [0.2, 0.25) is 0 Å². The van der Waals surface area contributed by atoms with Gasteiger partial charge >= 0.3 is 22.5 Å². The van der Waals surface area contributed by atoms with E-state index in [1.54, 1.807) is 0 Å². The van der Waals surface area contributed by atoms with E-state index in [9.17, 15) is 60.0 Å². The average Bonchev–Trinajstić information content (AvgIpc) is 3.19. The molecule has 298 valence electrons. The summed E-state index contributed by atoms with van der Waals surface area (Å²) in [5.41, 5.74) is -8.48. The number of aromatic hydroxyl groups is 8. The smallest absolute Gasteiger partial charge is 0.344 e. The Balaban J connectivity index is 1.38. The maximum Gasteiger partial charge on any atom is 0.344 e. The molecule has 0 radical (unpaired) electrons. The van der Waals surface area contributed by atoms with Gasteiger partial charge in [-0.1, -0.05) is 24.3 Å². The summed E-state index contributed by atoms with van der Waals surface area (Å²) in [7, 11) is 0. The first kappa shape index (κ1) is 36.9. The Bertz CT molecular complexity index is 3100. The van der Waals surface area contributed by atoms with Crippen LogP contribution >= 0.6 is 0 Å². The predicted molar refractivity (Wildman–Crippen MR) is 212 cm³/mol. The van der Waals surface area contributed by atoms with Crippen molar-refractivity contribution in [2.45, 2.75) is 11.8 Å². The first-order chi connectivity index (χ1) is 28.7. The summed E-state index contributed by atoms with van der Waals surface area (Å²) in [5, 5.41) is 87.0. The van der Waals surface area contributed by atoms with Crippen molar-refractivity contribution in [3.63, 3.8) is 0 Å². The fourth-order valence-electron chi connectivity index (χ4n) is 7.64. The molecule has 8 N–H and O–H groups in total. The van der Waals surface area contributed by atoms with Gasteiger partial charge in [0.2, 0.25) is 0 Å². The van der Waals surface area contributed by atoms with Gasteiger partial charge in [0.15, 0.2) is 0 Å². The summed E-state index contributed by atoms with van der Waals surface area (Å²) in [6.07, 6.45) is 0. The highest BCUT2D eigenvalue weighted by Crippen LogP contribution is 2.46. The van der Waals surface area contributed by atoms with Gasteiger partial charge in [0, 0.05) is 24.3 Å². The van der Waals surface area contributed by atoms with E-state index in [4.69, 9.17) is 17.7 Å². The second-order valence-corrected chi connectivity index (χ2v) is 13.9. The van der Waals surface area contributed by atoms with Crippen molar-refractivity contribution in [2.75, 3.05) is 0 Å². The normalized spacial score (nSPS) is 11.8. The lowest BCUT2D eigenvalue weighted by Gasteiger charge is -2.23. The lowest BCUT2D eigenvalue weighted by atomic mass is 9.80. The molecule has 4 heterocycles. The molecule has 5 aromatic carbocycles.